The summed E-state index contributed by atoms with van der Waals surface area (Å²) in [5.41, 5.74) is 1.93. The first-order chi connectivity index (χ1) is 13.0. The van der Waals surface area contributed by atoms with E-state index in [1.165, 1.54) is 6.92 Å². The van der Waals surface area contributed by atoms with Gasteiger partial charge in [-0.2, -0.15) is 0 Å². The number of methoxy groups -OCH3 is 1. The Hall–Kier alpha value is -3.35. The van der Waals surface area contributed by atoms with Crippen molar-refractivity contribution in [3.63, 3.8) is 0 Å². The van der Waals surface area contributed by atoms with Gasteiger partial charge in [-0.05, 0) is 36.4 Å². The highest BCUT2D eigenvalue weighted by molar-refractivity contribution is 6.04. The first kappa shape index (κ1) is 18.4. The molecule has 7 heteroatoms. The Labute approximate surface area is 157 Å². The third-order valence-electron chi connectivity index (χ3n) is 4.34. The molecule has 0 unspecified atom stereocenters. The number of amides is 3. The van der Waals surface area contributed by atoms with E-state index in [0.29, 0.717) is 29.4 Å². The Balaban J connectivity index is 1.66. The summed E-state index contributed by atoms with van der Waals surface area (Å²) in [6.07, 6.45) is 0.147. The van der Waals surface area contributed by atoms with Crippen LogP contribution >= 0.6 is 0 Å². The Kier molecular flexibility index (Phi) is 5.40. The second-order valence-corrected chi connectivity index (χ2v) is 6.33. The van der Waals surface area contributed by atoms with Crippen LogP contribution in [0.2, 0.25) is 0 Å². The van der Waals surface area contributed by atoms with Crippen LogP contribution in [0, 0.1) is 5.92 Å². The van der Waals surface area contributed by atoms with Gasteiger partial charge in [-0.3, -0.25) is 14.4 Å². The molecule has 1 fully saturated rings. The number of ether oxygens (including phenoxy) is 1. The molecule has 2 aromatic rings. The van der Waals surface area contributed by atoms with Crippen molar-refractivity contribution in [2.45, 2.75) is 13.3 Å². The minimum Gasteiger partial charge on any atom is -0.495 e. The van der Waals surface area contributed by atoms with Gasteiger partial charge in [0.2, 0.25) is 17.7 Å². The first-order valence-electron chi connectivity index (χ1n) is 8.60. The van der Waals surface area contributed by atoms with Gasteiger partial charge in [0, 0.05) is 31.3 Å². The molecule has 1 saturated heterocycles. The van der Waals surface area contributed by atoms with Crippen molar-refractivity contribution < 1.29 is 19.1 Å². The second kappa shape index (κ2) is 7.90. The molecule has 7 nitrogen and oxygen atoms in total. The molecular weight excluding hydrogens is 346 g/mol. The van der Waals surface area contributed by atoms with E-state index < -0.39 is 5.92 Å². The Morgan fingerprint density at radius 2 is 1.67 bits per heavy atom. The quantitative estimate of drug-likeness (QED) is 0.850. The largest absolute Gasteiger partial charge is 0.495 e. The molecule has 27 heavy (non-hydrogen) atoms. The Morgan fingerprint density at radius 1 is 1.04 bits per heavy atom. The number of hydrogen-bond donors (Lipinski definition) is 2. The molecular formula is C20H21N3O4. The smallest absolute Gasteiger partial charge is 0.229 e. The minimum atomic E-state index is -0.447. The molecule has 1 heterocycles. The molecule has 3 amide bonds. The van der Waals surface area contributed by atoms with Crippen LogP contribution in [-0.2, 0) is 14.4 Å². The van der Waals surface area contributed by atoms with Gasteiger partial charge in [0.1, 0.15) is 5.75 Å². The summed E-state index contributed by atoms with van der Waals surface area (Å²) in [6.45, 7) is 1.73. The van der Waals surface area contributed by atoms with Gasteiger partial charge in [-0.25, -0.2) is 0 Å². The molecule has 0 aromatic heterocycles. The predicted molar refractivity (Wildman–Crippen MR) is 103 cm³/mol. The molecule has 1 aliphatic rings. The maximum atomic E-state index is 12.6. The third-order valence-corrected chi connectivity index (χ3v) is 4.34. The molecule has 2 N–H and O–H groups in total. The number of benzene rings is 2. The van der Waals surface area contributed by atoms with Gasteiger partial charge in [0.05, 0.1) is 18.7 Å². The molecule has 0 saturated carbocycles. The van der Waals surface area contributed by atoms with Gasteiger partial charge >= 0.3 is 0 Å². The van der Waals surface area contributed by atoms with Crippen LogP contribution in [0.3, 0.4) is 0 Å². The molecule has 0 aliphatic carbocycles. The van der Waals surface area contributed by atoms with E-state index in [4.69, 9.17) is 4.74 Å². The van der Waals surface area contributed by atoms with Gasteiger partial charge in [0.15, 0.2) is 0 Å². The van der Waals surface area contributed by atoms with Crippen LogP contribution < -0.4 is 20.3 Å². The first-order valence-corrected chi connectivity index (χ1v) is 8.60. The number of nitrogens with zero attached hydrogens (tertiary/aromatic N) is 1. The summed E-state index contributed by atoms with van der Waals surface area (Å²) in [4.78, 5) is 37.6. The Morgan fingerprint density at radius 3 is 2.30 bits per heavy atom. The van der Waals surface area contributed by atoms with Crippen molar-refractivity contribution in [3.8, 4) is 5.75 Å². The van der Waals surface area contributed by atoms with Gasteiger partial charge < -0.3 is 20.3 Å². The van der Waals surface area contributed by atoms with Crippen LogP contribution in [-0.4, -0.2) is 31.4 Å². The Bertz CT molecular complexity index is 864. The van der Waals surface area contributed by atoms with Crippen molar-refractivity contribution in [1.82, 2.24) is 0 Å². The van der Waals surface area contributed by atoms with Crippen molar-refractivity contribution in [2.75, 3.05) is 29.2 Å². The number of anilines is 3. The summed E-state index contributed by atoms with van der Waals surface area (Å²) >= 11 is 0. The molecule has 0 bridgehead atoms. The lowest BCUT2D eigenvalue weighted by Crippen LogP contribution is -2.28. The van der Waals surface area contributed by atoms with E-state index in [1.807, 2.05) is 12.1 Å². The van der Waals surface area contributed by atoms with Crippen molar-refractivity contribution >= 4 is 34.8 Å². The average Bonchev–Trinajstić information content (AvgIpc) is 3.04. The lowest BCUT2D eigenvalue weighted by Gasteiger charge is -2.19. The summed E-state index contributed by atoms with van der Waals surface area (Å²) in [5, 5.41) is 5.49. The van der Waals surface area contributed by atoms with Crippen LogP contribution in [0.25, 0.3) is 0 Å². The fourth-order valence-electron chi connectivity index (χ4n) is 3.05. The van der Waals surface area contributed by atoms with Crippen LogP contribution in [0.5, 0.6) is 5.75 Å². The number of para-hydroxylation sites is 2. The molecule has 140 valence electrons. The number of carbonyl (C=O) groups excluding carboxylic acids is 3. The summed E-state index contributed by atoms with van der Waals surface area (Å²) in [5.74, 6) is -0.334. The monoisotopic (exact) mass is 367 g/mol. The van der Waals surface area contributed by atoms with Gasteiger partial charge in [-0.15, -0.1) is 0 Å². The van der Waals surface area contributed by atoms with E-state index >= 15 is 0 Å². The second-order valence-electron chi connectivity index (χ2n) is 6.33. The zero-order valence-corrected chi connectivity index (χ0v) is 15.2. The third kappa shape index (κ3) is 4.25. The lowest BCUT2D eigenvalue weighted by atomic mass is 10.1. The average molecular weight is 367 g/mol. The summed E-state index contributed by atoms with van der Waals surface area (Å²) in [7, 11) is 1.55. The summed E-state index contributed by atoms with van der Waals surface area (Å²) < 4.78 is 5.31. The van der Waals surface area contributed by atoms with Gasteiger partial charge in [-0.1, -0.05) is 12.1 Å². The van der Waals surface area contributed by atoms with Crippen molar-refractivity contribution in [3.05, 3.63) is 48.5 Å². The molecule has 3 rings (SSSR count). The number of carbonyl (C=O) groups is 3. The van der Waals surface area contributed by atoms with E-state index in [-0.39, 0.29) is 24.1 Å². The van der Waals surface area contributed by atoms with Crippen LogP contribution in [0.1, 0.15) is 13.3 Å². The van der Waals surface area contributed by atoms with E-state index in [1.54, 1.807) is 48.4 Å². The molecule has 0 radical (unpaired) electrons. The van der Waals surface area contributed by atoms with E-state index in [2.05, 4.69) is 10.6 Å². The van der Waals surface area contributed by atoms with Crippen molar-refractivity contribution in [2.24, 2.45) is 5.92 Å². The van der Waals surface area contributed by atoms with E-state index in [9.17, 15) is 14.4 Å². The summed E-state index contributed by atoms with van der Waals surface area (Å²) in [6, 6.07) is 14.1. The maximum Gasteiger partial charge on any atom is 0.229 e. The topological polar surface area (TPSA) is 87.7 Å². The zero-order chi connectivity index (χ0) is 19.4. The van der Waals surface area contributed by atoms with Crippen LogP contribution in [0.15, 0.2) is 48.5 Å². The van der Waals surface area contributed by atoms with E-state index in [0.717, 1.165) is 0 Å². The molecule has 1 aliphatic heterocycles. The van der Waals surface area contributed by atoms with Gasteiger partial charge in [0.25, 0.3) is 0 Å². The maximum absolute atomic E-state index is 12.6. The normalized spacial score (nSPS) is 16.1. The lowest BCUT2D eigenvalue weighted by molar-refractivity contribution is -0.122. The fourth-order valence-corrected chi connectivity index (χ4v) is 3.05. The number of nitrogens with one attached hydrogen (secondary N) is 2. The highest BCUT2D eigenvalue weighted by atomic mass is 16.5. The molecule has 2 aromatic carbocycles. The van der Waals surface area contributed by atoms with Crippen LogP contribution in [0.4, 0.5) is 17.1 Å². The molecule has 1 atom stereocenters. The highest BCUT2D eigenvalue weighted by Crippen LogP contribution is 2.33. The highest BCUT2D eigenvalue weighted by Gasteiger charge is 2.36. The number of rotatable bonds is 5. The number of hydrogen-bond acceptors (Lipinski definition) is 4. The molecule has 0 spiro atoms. The predicted octanol–water partition coefficient (Wildman–Crippen LogP) is 2.65. The minimum absolute atomic E-state index is 0.111. The van der Waals surface area contributed by atoms with Crippen molar-refractivity contribution in [1.29, 1.82) is 0 Å². The zero-order valence-electron chi connectivity index (χ0n) is 15.2. The fraction of sp³-hybridized carbons (Fsp3) is 0.250. The SMILES string of the molecule is COc1ccccc1N1C[C@@H](C(=O)Nc2ccc(NC(C)=O)cc2)CC1=O. The standard InChI is InChI=1S/C20H21N3O4/c1-13(24)21-15-7-9-16(10-8-15)22-20(26)14-11-19(25)23(12-14)17-5-3-4-6-18(17)27-2/h3-10,14H,11-12H2,1-2H3,(H,21,24)(H,22,26)/t14-/m0/s1.